The van der Waals surface area contributed by atoms with Crippen LogP contribution in [-0.2, 0) is 11.2 Å². The van der Waals surface area contributed by atoms with E-state index in [9.17, 15) is 4.79 Å². The summed E-state index contributed by atoms with van der Waals surface area (Å²) in [4.78, 5) is 11.7. The van der Waals surface area contributed by atoms with E-state index in [4.69, 9.17) is 4.42 Å². The number of carbonyl (C=O) groups excluding carboxylic acids is 1. The van der Waals surface area contributed by atoms with E-state index in [0.717, 1.165) is 34.2 Å². The second-order valence-corrected chi connectivity index (χ2v) is 5.25. The molecule has 1 atom stereocenters. The summed E-state index contributed by atoms with van der Waals surface area (Å²) in [6, 6.07) is 3.96. The lowest BCUT2D eigenvalue weighted by Crippen LogP contribution is -2.22. The maximum absolute atomic E-state index is 11.7. The summed E-state index contributed by atoms with van der Waals surface area (Å²) in [6.45, 7) is 4.03. The van der Waals surface area contributed by atoms with Crippen molar-refractivity contribution in [2.75, 3.05) is 5.32 Å². The number of aromatic nitrogens is 1. The Labute approximate surface area is 109 Å². The minimum absolute atomic E-state index is 0.00722. The number of nitrogens with one attached hydrogen (secondary N) is 1. The average molecular weight is 262 g/mol. The summed E-state index contributed by atoms with van der Waals surface area (Å²) < 4.78 is 10.1. The first-order valence-corrected chi connectivity index (χ1v) is 6.81. The summed E-state index contributed by atoms with van der Waals surface area (Å²) >= 11 is 1.34. The molecule has 2 aromatic rings. The van der Waals surface area contributed by atoms with Crippen molar-refractivity contribution in [1.29, 1.82) is 0 Å². The highest BCUT2D eigenvalue weighted by Crippen LogP contribution is 2.41. The summed E-state index contributed by atoms with van der Waals surface area (Å²) in [6.07, 6.45) is 1.30. The van der Waals surface area contributed by atoms with Crippen molar-refractivity contribution in [2.24, 2.45) is 0 Å². The van der Waals surface area contributed by atoms with Gasteiger partial charge in [0.05, 0.1) is 11.6 Å². The first-order valence-electron chi connectivity index (χ1n) is 6.03. The molecule has 1 N–H and O–H groups in total. The zero-order valence-electron chi connectivity index (χ0n) is 10.3. The van der Waals surface area contributed by atoms with Gasteiger partial charge in [0.25, 0.3) is 0 Å². The highest BCUT2D eigenvalue weighted by atomic mass is 32.1. The van der Waals surface area contributed by atoms with Crippen LogP contribution in [0.2, 0.25) is 0 Å². The van der Waals surface area contributed by atoms with Gasteiger partial charge in [0.1, 0.15) is 16.5 Å². The standard InChI is InChI=1S/C13H14N2O2S/c1-3-8-4-5-10(17-8)9-6-11(16)14-13-12(9)7(2)15-18-13/h4-5,9H,3,6H2,1-2H3,(H,14,16). The van der Waals surface area contributed by atoms with Gasteiger partial charge in [-0.1, -0.05) is 6.92 Å². The van der Waals surface area contributed by atoms with E-state index in [1.54, 1.807) is 0 Å². The fraction of sp³-hybridized carbons (Fsp3) is 0.385. The van der Waals surface area contributed by atoms with Gasteiger partial charge in [0, 0.05) is 18.4 Å². The van der Waals surface area contributed by atoms with Crippen LogP contribution in [0.25, 0.3) is 0 Å². The molecule has 94 valence electrons. The Morgan fingerprint density at radius 1 is 1.56 bits per heavy atom. The fourth-order valence-corrected chi connectivity index (χ4v) is 3.23. The van der Waals surface area contributed by atoms with Crippen molar-refractivity contribution >= 4 is 22.4 Å². The molecule has 3 rings (SSSR count). The molecule has 0 saturated carbocycles. The lowest BCUT2D eigenvalue weighted by Gasteiger charge is -2.21. The number of amides is 1. The fourth-order valence-electron chi connectivity index (χ4n) is 2.36. The number of nitrogens with zero attached hydrogens (tertiary/aromatic N) is 1. The second kappa shape index (κ2) is 4.24. The van der Waals surface area contributed by atoms with E-state index >= 15 is 0 Å². The predicted molar refractivity (Wildman–Crippen MR) is 70.0 cm³/mol. The summed E-state index contributed by atoms with van der Waals surface area (Å²) in [5.41, 5.74) is 2.09. The van der Waals surface area contributed by atoms with Crippen molar-refractivity contribution < 1.29 is 9.21 Å². The predicted octanol–water partition coefficient (Wildman–Crippen LogP) is 3.08. The lowest BCUT2D eigenvalue weighted by molar-refractivity contribution is -0.116. The molecule has 1 amide bonds. The molecule has 0 spiro atoms. The third kappa shape index (κ3) is 1.75. The summed E-state index contributed by atoms with van der Waals surface area (Å²) in [5, 5.41) is 3.74. The first-order chi connectivity index (χ1) is 8.69. The van der Waals surface area contributed by atoms with Crippen LogP contribution < -0.4 is 5.32 Å². The van der Waals surface area contributed by atoms with E-state index in [2.05, 4.69) is 16.6 Å². The van der Waals surface area contributed by atoms with Crippen LogP contribution in [0, 0.1) is 6.92 Å². The van der Waals surface area contributed by atoms with Gasteiger partial charge in [0.15, 0.2) is 0 Å². The monoisotopic (exact) mass is 262 g/mol. The Balaban J connectivity index is 2.06. The van der Waals surface area contributed by atoms with Gasteiger partial charge in [-0.3, -0.25) is 4.79 Å². The molecule has 0 saturated heterocycles. The van der Waals surface area contributed by atoms with Crippen LogP contribution in [0.4, 0.5) is 5.00 Å². The number of furan rings is 1. The average Bonchev–Trinajstić information content (AvgIpc) is 2.96. The zero-order valence-corrected chi connectivity index (χ0v) is 11.1. The van der Waals surface area contributed by atoms with Gasteiger partial charge in [-0.25, -0.2) is 0 Å². The molecule has 0 fully saturated rings. The minimum Gasteiger partial charge on any atom is -0.465 e. The highest BCUT2D eigenvalue weighted by Gasteiger charge is 2.32. The molecular weight excluding hydrogens is 248 g/mol. The third-order valence-corrected chi connectivity index (χ3v) is 4.14. The van der Waals surface area contributed by atoms with Gasteiger partial charge < -0.3 is 9.73 Å². The smallest absolute Gasteiger partial charge is 0.226 e. The van der Waals surface area contributed by atoms with Crippen LogP contribution >= 0.6 is 11.5 Å². The lowest BCUT2D eigenvalue weighted by atomic mass is 9.90. The number of rotatable bonds is 2. The number of aryl methyl sites for hydroxylation is 2. The Kier molecular flexibility index (Phi) is 2.70. The number of hydrogen-bond acceptors (Lipinski definition) is 4. The summed E-state index contributed by atoms with van der Waals surface area (Å²) in [7, 11) is 0. The normalized spacial score (nSPS) is 18.6. The van der Waals surface area contributed by atoms with Crippen LogP contribution in [0.1, 0.15) is 42.0 Å². The second-order valence-electron chi connectivity index (χ2n) is 4.47. The minimum atomic E-state index is 0.00722. The van der Waals surface area contributed by atoms with Gasteiger partial charge in [-0.05, 0) is 30.6 Å². The molecule has 2 aromatic heterocycles. The van der Waals surface area contributed by atoms with Crippen molar-refractivity contribution in [3.8, 4) is 0 Å². The molecule has 4 nitrogen and oxygen atoms in total. The number of anilines is 1. The van der Waals surface area contributed by atoms with Crippen molar-refractivity contribution in [2.45, 2.75) is 32.6 Å². The molecule has 3 heterocycles. The first kappa shape index (κ1) is 11.5. The molecule has 1 aliphatic heterocycles. The van der Waals surface area contributed by atoms with E-state index in [0.29, 0.717) is 6.42 Å². The number of carbonyl (C=O) groups is 1. The maximum atomic E-state index is 11.7. The third-order valence-electron chi connectivity index (χ3n) is 3.27. The molecule has 5 heteroatoms. The van der Waals surface area contributed by atoms with Crippen LogP contribution in [0.3, 0.4) is 0 Å². The van der Waals surface area contributed by atoms with Crippen LogP contribution in [0.5, 0.6) is 0 Å². The van der Waals surface area contributed by atoms with Gasteiger partial charge in [-0.2, -0.15) is 4.37 Å². The van der Waals surface area contributed by atoms with Gasteiger partial charge in [0.2, 0.25) is 5.91 Å². The largest absolute Gasteiger partial charge is 0.465 e. The molecule has 18 heavy (non-hydrogen) atoms. The molecule has 0 aliphatic carbocycles. The number of fused-ring (bicyclic) bond motifs is 1. The van der Waals surface area contributed by atoms with Gasteiger partial charge in [-0.15, -0.1) is 0 Å². The topological polar surface area (TPSA) is 55.1 Å². The molecule has 1 aliphatic rings. The van der Waals surface area contributed by atoms with E-state index < -0.39 is 0 Å². The Bertz CT molecular complexity index is 600. The van der Waals surface area contributed by atoms with E-state index in [1.165, 1.54) is 11.5 Å². The Morgan fingerprint density at radius 3 is 3.11 bits per heavy atom. The van der Waals surface area contributed by atoms with Crippen LogP contribution in [-0.4, -0.2) is 10.3 Å². The van der Waals surface area contributed by atoms with Crippen molar-refractivity contribution in [3.63, 3.8) is 0 Å². The van der Waals surface area contributed by atoms with Crippen molar-refractivity contribution in [3.05, 3.63) is 34.9 Å². The van der Waals surface area contributed by atoms with Gasteiger partial charge >= 0.3 is 0 Å². The van der Waals surface area contributed by atoms with E-state index in [-0.39, 0.29) is 11.8 Å². The number of hydrogen-bond donors (Lipinski definition) is 1. The quantitative estimate of drug-likeness (QED) is 0.904. The van der Waals surface area contributed by atoms with E-state index in [1.807, 2.05) is 19.1 Å². The molecule has 1 unspecified atom stereocenters. The maximum Gasteiger partial charge on any atom is 0.226 e. The Morgan fingerprint density at radius 2 is 2.39 bits per heavy atom. The molecular formula is C13H14N2O2S. The highest BCUT2D eigenvalue weighted by molar-refractivity contribution is 7.10. The Hall–Kier alpha value is -1.62. The molecule has 0 radical (unpaired) electrons. The SMILES string of the molecule is CCc1ccc(C2CC(=O)Nc3snc(C)c32)o1. The zero-order chi connectivity index (χ0) is 12.7. The van der Waals surface area contributed by atoms with Crippen LogP contribution in [0.15, 0.2) is 16.5 Å². The molecule has 0 bridgehead atoms. The summed E-state index contributed by atoms with van der Waals surface area (Å²) in [5.74, 6) is 1.86. The molecule has 0 aromatic carbocycles. The van der Waals surface area contributed by atoms with Crippen molar-refractivity contribution in [1.82, 2.24) is 4.37 Å².